The van der Waals surface area contributed by atoms with E-state index in [-0.39, 0.29) is 4.75 Å². The fourth-order valence-corrected chi connectivity index (χ4v) is 4.26. The van der Waals surface area contributed by atoms with Gasteiger partial charge in [-0.05, 0) is 42.8 Å². The van der Waals surface area contributed by atoms with Crippen LogP contribution in [-0.4, -0.2) is 10.5 Å². The van der Waals surface area contributed by atoms with Crippen LogP contribution in [0.1, 0.15) is 46.0 Å². The minimum atomic E-state index is 0.00465. The lowest BCUT2D eigenvalue weighted by molar-refractivity contribution is 0.0152. The summed E-state index contributed by atoms with van der Waals surface area (Å²) in [5, 5.41) is 9.23. The standard InChI is InChI=1S/C12H19NS/c1-10(2)6-14-12(9-13)7-11(8-12)4-3-5-11/h10H,3-8H2,1-2H3. The van der Waals surface area contributed by atoms with Gasteiger partial charge in [-0.2, -0.15) is 5.26 Å². The van der Waals surface area contributed by atoms with Gasteiger partial charge < -0.3 is 0 Å². The fraction of sp³-hybridized carbons (Fsp3) is 0.917. The average Bonchev–Trinajstić information content (AvgIpc) is 2.00. The second-order valence-corrected chi connectivity index (χ2v) is 6.92. The van der Waals surface area contributed by atoms with Crippen molar-refractivity contribution in [3.05, 3.63) is 0 Å². The molecular formula is C12H19NS. The van der Waals surface area contributed by atoms with Crippen LogP contribution in [0.4, 0.5) is 0 Å². The van der Waals surface area contributed by atoms with Crippen LogP contribution < -0.4 is 0 Å². The summed E-state index contributed by atoms with van der Waals surface area (Å²) < 4.78 is 0.00465. The molecular weight excluding hydrogens is 190 g/mol. The van der Waals surface area contributed by atoms with Crippen molar-refractivity contribution in [1.82, 2.24) is 0 Å². The predicted octanol–water partition coefficient (Wildman–Crippen LogP) is 3.60. The van der Waals surface area contributed by atoms with Crippen molar-refractivity contribution in [3.63, 3.8) is 0 Å². The molecule has 0 aromatic rings. The molecule has 0 saturated heterocycles. The van der Waals surface area contributed by atoms with Crippen molar-refractivity contribution in [2.75, 3.05) is 5.75 Å². The lowest BCUT2D eigenvalue weighted by Gasteiger charge is -2.58. The Bertz CT molecular complexity index is 252. The van der Waals surface area contributed by atoms with Crippen molar-refractivity contribution in [3.8, 4) is 6.07 Å². The normalized spacial score (nSPS) is 26.7. The Morgan fingerprint density at radius 2 is 2.00 bits per heavy atom. The molecule has 0 heterocycles. The predicted molar refractivity (Wildman–Crippen MR) is 61.2 cm³/mol. The number of hydrogen-bond acceptors (Lipinski definition) is 2. The number of rotatable bonds is 3. The highest BCUT2D eigenvalue weighted by atomic mass is 32.2. The molecule has 0 amide bonds. The summed E-state index contributed by atoms with van der Waals surface area (Å²) in [6.07, 6.45) is 6.52. The minimum Gasteiger partial charge on any atom is -0.197 e. The summed E-state index contributed by atoms with van der Waals surface area (Å²) in [7, 11) is 0. The zero-order valence-electron chi connectivity index (χ0n) is 9.18. The molecule has 2 aliphatic rings. The first-order valence-corrected chi connectivity index (χ1v) is 6.64. The van der Waals surface area contributed by atoms with Crippen LogP contribution in [0, 0.1) is 22.7 Å². The second-order valence-electron chi connectivity index (χ2n) is 5.52. The summed E-state index contributed by atoms with van der Waals surface area (Å²) in [6.45, 7) is 4.46. The average molecular weight is 209 g/mol. The molecule has 14 heavy (non-hydrogen) atoms. The first-order chi connectivity index (χ1) is 6.60. The molecule has 0 aliphatic heterocycles. The molecule has 2 fully saturated rings. The highest BCUT2D eigenvalue weighted by Crippen LogP contribution is 2.64. The van der Waals surface area contributed by atoms with Gasteiger partial charge >= 0.3 is 0 Å². The molecule has 1 nitrogen and oxygen atoms in total. The van der Waals surface area contributed by atoms with Gasteiger partial charge in [-0.25, -0.2) is 0 Å². The van der Waals surface area contributed by atoms with E-state index in [0.29, 0.717) is 11.3 Å². The molecule has 0 aromatic heterocycles. The lowest BCUT2D eigenvalue weighted by atomic mass is 9.52. The zero-order chi connectivity index (χ0) is 10.2. The van der Waals surface area contributed by atoms with E-state index in [4.69, 9.17) is 0 Å². The molecule has 2 saturated carbocycles. The van der Waals surface area contributed by atoms with E-state index >= 15 is 0 Å². The van der Waals surface area contributed by atoms with Crippen LogP contribution >= 0.6 is 11.8 Å². The summed E-state index contributed by atoms with van der Waals surface area (Å²) in [5.74, 6) is 1.85. The quantitative estimate of drug-likeness (QED) is 0.709. The third-order valence-electron chi connectivity index (χ3n) is 3.63. The molecule has 0 radical (unpaired) electrons. The van der Waals surface area contributed by atoms with Crippen molar-refractivity contribution in [2.45, 2.75) is 50.7 Å². The third-order valence-corrected chi connectivity index (χ3v) is 5.40. The highest BCUT2D eigenvalue weighted by molar-refractivity contribution is 8.00. The largest absolute Gasteiger partial charge is 0.197 e. The maximum absolute atomic E-state index is 9.23. The van der Waals surface area contributed by atoms with Crippen LogP contribution in [0.2, 0.25) is 0 Å². The second kappa shape index (κ2) is 3.45. The van der Waals surface area contributed by atoms with Crippen molar-refractivity contribution in [1.29, 1.82) is 5.26 Å². The Kier molecular flexibility index (Phi) is 2.55. The number of nitrogens with zero attached hydrogens (tertiary/aromatic N) is 1. The molecule has 0 atom stereocenters. The number of nitriles is 1. The third kappa shape index (κ3) is 1.67. The van der Waals surface area contributed by atoms with E-state index in [2.05, 4.69) is 19.9 Å². The maximum atomic E-state index is 9.23. The van der Waals surface area contributed by atoms with Crippen molar-refractivity contribution in [2.24, 2.45) is 11.3 Å². The zero-order valence-corrected chi connectivity index (χ0v) is 9.99. The number of thioether (sulfide) groups is 1. The Morgan fingerprint density at radius 3 is 2.36 bits per heavy atom. The van der Waals surface area contributed by atoms with Crippen LogP contribution in [0.3, 0.4) is 0 Å². The smallest absolute Gasteiger partial charge is 0.103 e. The van der Waals surface area contributed by atoms with Gasteiger partial charge in [0, 0.05) is 0 Å². The highest BCUT2D eigenvalue weighted by Gasteiger charge is 2.57. The van der Waals surface area contributed by atoms with E-state index in [1.165, 1.54) is 32.1 Å². The molecule has 0 unspecified atom stereocenters. The Morgan fingerprint density at radius 1 is 1.36 bits per heavy atom. The first-order valence-electron chi connectivity index (χ1n) is 5.65. The lowest BCUT2D eigenvalue weighted by Crippen LogP contribution is -2.52. The topological polar surface area (TPSA) is 23.8 Å². The SMILES string of the molecule is CC(C)CSC1(C#N)CC2(CCC2)C1. The minimum absolute atomic E-state index is 0.00465. The van der Waals surface area contributed by atoms with E-state index < -0.39 is 0 Å². The van der Waals surface area contributed by atoms with Gasteiger partial charge in [-0.15, -0.1) is 11.8 Å². The van der Waals surface area contributed by atoms with E-state index in [0.717, 1.165) is 5.75 Å². The van der Waals surface area contributed by atoms with Crippen LogP contribution in [0.5, 0.6) is 0 Å². The Hall–Kier alpha value is -0.160. The van der Waals surface area contributed by atoms with Crippen molar-refractivity contribution < 1.29 is 0 Å². The summed E-state index contributed by atoms with van der Waals surface area (Å²) in [5.41, 5.74) is 0.625. The van der Waals surface area contributed by atoms with Gasteiger partial charge in [0.05, 0.1) is 6.07 Å². The van der Waals surface area contributed by atoms with Crippen molar-refractivity contribution >= 4 is 11.8 Å². The Balaban J connectivity index is 1.86. The van der Waals surface area contributed by atoms with Gasteiger partial charge in [0.25, 0.3) is 0 Å². The summed E-state index contributed by atoms with van der Waals surface area (Å²) >= 11 is 1.91. The fourth-order valence-electron chi connectivity index (χ4n) is 2.73. The molecule has 0 aromatic carbocycles. The van der Waals surface area contributed by atoms with Gasteiger partial charge in [0.15, 0.2) is 0 Å². The number of hydrogen-bond donors (Lipinski definition) is 0. The molecule has 2 heteroatoms. The maximum Gasteiger partial charge on any atom is 0.103 e. The van der Waals surface area contributed by atoms with Gasteiger partial charge in [-0.1, -0.05) is 20.3 Å². The van der Waals surface area contributed by atoms with Gasteiger partial charge in [0.1, 0.15) is 4.75 Å². The molecule has 0 N–H and O–H groups in total. The van der Waals surface area contributed by atoms with E-state index in [9.17, 15) is 5.26 Å². The molecule has 2 rings (SSSR count). The van der Waals surface area contributed by atoms with E-state index in [1.54, 1.807) is 0 Å². The van der Waals surface area contributed by atoms with Gasteiger partial charge in [-0.3, -0.25) is 0 Å². The summed E-state index contributed by atoms with van der Waals surface area (Å²) in [6, 6.07) is 2.56. The van der Waals surface area contributed by atoms with E-state index in [1.807, 2.05) is 11.8 Å². The molecule has 78 valence electrons. The molecule has 0 bridgehead atoms. The van der Waals surface area contributed by atoms with Crippen LogP contribution in [0.25, 0.3) is 0 Å². The van der Waals surface area contributed by atoms with Gasteiger partial charge in [0.2, 0.25) is 0 Å². The summed E-state index contributed by atoms with van der Waals surface area (Å²) in [4.78, 5) is 0. The Labute approximate surface area is 91.3 Å². The molecule has 2 aliphatic carbocycles. The van der Waals surface area contributed by atoms with Crippen LogP contribution in [0.15, 0.2) is 0 Å². The first kappa shape index (κ1) is 10.4. The monoisotopic (exact) mass is 209 g/mol. The van der Waals surface area contributed by atoms with Crippen LogP contribution in [-0.2, 0) is 0 Å². The molecule has 1 spiro atoms.